The third kappa shape index (κ3) is 7.59. The molecule has 3 rings (SSSR count). The van der Waals surface area contributed by atoms with Crippen LogP contribution in [0.15, 0.2) is 77.7 Å². The first-order valence-corrected chi connectivity index (χ1v) is 14.5. The lowest BCUT2D eigenvalue weighted by Gasteiger charge is -2.32. The highest BCUT2D eigenvalue weighted by Crippen LogP contribution is 2.25. The maximum Gasteiger partial charge on any atom is 0.264 e. The maximum atomic E-state index is 13.9. The van der Waals surface area contributed by atoms with Crippen LogP contribution in [-0.4, -0.2) is 50.9 Å². The number of carbonyl (C=O) groups is 2. The van der Waals surface area contributed by atoms with E-state index < -0.39 is 34.3 Å². The monoisotopic (exact) mass is 569 g/mol. The SMILES string of the molecule is CC[C@H](C)NC(=O)[C@@H](C)N(Cc1ccc(OC)cc1)C(=O)CN(c1ccc(C)cc1)S(=O)(=O)c1ccc(F)cc1. The molecule has 0 radical (unpaired) electrons. The lowest BCUT2D eigenvalue weighted by Crippen LogP contribution is -2.52. The molecular formula is C30H36FN3O5S. The molecule has 0 unspecified atom stereocenters. The molecule has 40 heavy (non-hydrogen) atoms. The minimum absolute atomic E-state index is 0.0657. The van der Waals surface area contributed by atoms with E-state index in [0.717, 1.165) is 39.7 Å². The van der Waals surface area contributed by atoms with Gasteiger partial charge in [-0.2, -0.15) is 0 Å². The zero-order valence-corrected chi connectivity index (χ0v) is 24.2. The smallest absolute Gasteiger partial charge is 0.264 e. The van der Waals surface area contributed by atoms with Crippen LogP contribution in [0.1, 0.15) is 38.3 Å². The van der Waals surface area contributed by atoms with Crippen LogP contribution < -0.4 is 14.4 Å². The molecule has 0 saturated heterocycles. The van der Waals surface area contributed by atoms with E-state index in [2.05, 4.69) is 5.32 Å². The van der Waals surface area contributed by atoms with Crippen molar-refractivity contribution in [3.8, 4) is 5.75 Å². The van der Waals surface area contributed by atoms with Crippen molar-refractivity contribution in [2.45, 2.75) is 57.6 Å². The van der Waals surface area contributed by atoms with Crippen LogP contribution in [0.25, 0.3) is 0 Å². The van der Waals surface area contributed by atoms with Gasteiger partial charge in [-0.05, 0) is 81.3 Å². The van der Waals surface area contributed by atoms with Crippen molar-refractivity contribution in [2.75, 3.05) is 18.0 Å². The van der Waals surface area contributed by atoms with Crippen molar-refractivity contribution in [3.05, 3.63) is 89.7 Å². The summed E-state index contributed by atoms with van der Waals surface area (Å²) in [5.74, 6) is -0.864. The molecule has 214 valence electrons. The zero-order valence-electron chi connectivity index (χ0n) is 23.4. The number of nitrogens with one attached hydrogen (secondary N) is 1. The highest BCUT2D eigenvalue weighted by molar-refractivity contribution is 7.92. The lowest BCUT2D eigenvalue weighted by atomic mass is 10.1. The summed E-state index contributed by atoms with van der Waals surface area (Å²) in [6, 6.07) is 17.2. The standard InChI is InChI=1S/C30H36FN3O5S/c1-6-22(3)32-30(36)23(4)33(19-24-9-15-27(39-5)16-10-24)29(35)20-34(26-13-7-21(2)8-14-26)40(37,38)28-17-11-25(31)12-18-28/h7-18,22-23H,6,19-20H2,1-5H3,(H,32,36)/t22-,23+/m0/s1. The van der Waals surface area contributed by atoms with Crippen molar-refractivity contribution < 1.29 is 27.1 Å². The highest BCUT2D eigenvalue weighted by Gasteiger charge is 2.32. The van der Waals surface area contributed by atoms with E-state index in [1.807, 2.05) is 20.8 Å². The van der Waals surface area contributed by atoms with E-state index in [9.17, 15) is 22.4 Å². The third-order valence-electron chi connectivity index (χ3n) is 6.68. The number of sulfonamides is 1. The van der Waals surface area contributed by atoms with Gasteiger partial charge in [-0.25, -0.2) is 12.8 Å². The molecule has 2 amide bonds. The van der Waals surface area contributed by atoms with Crippen LogP contribution in [0, 0.1) is 12.7 Å². The average Bonchev–Trinajstić information content (AvgIpc) is 2.95. The van der Waals surface area contributed by atoms with Gasteiger partial charge < -0.3 is 15.0 Å². The van der Waals surface area contributed by atoms with Crippen LogP contribution in [-0.2, 0) is 26.2 Å². The number of ether oxygens (including phenoxy) is 1. The van der Waals surface area contributed by atoms with E-state index in [0.29, 0.717) is 12.2 Å². The van der Waals surface area contributed by atoms with Crippen LogP contribution >= 0.6 is 0 Å². The average molecular weight is 570 g/mol. The van der Waals surface area contributed by atoms with Gasteiger partial charge in [0.15, 0.2) is 0 Å². The summed E-state index contributed by atoms with van der Waals surface area (Å²) in [5.41, 5.74) is 1.91. The number of rotatable bonds is 12. The molecule has 0 spiro atoms. The number of nitrogens with zero attached hydrogens (tertiary/aromatic N) is 2. The lowest BCUT2D eigenvalue weighted by molar-refractivity contribution is -0.139. The Bertz CT molecular complexity index is 1390. The van der Waals surface area contributed by atoms with Crippen LogP contribution in [0.2, 0.25) is 0 Å². The molecule has 10 heteroatoms. The summed E-state index contributed by atoms with van der Waals surface area (Å²) >= 11 is 0. The second-order valence-electron chi connectivity index (χ2n) is 9.66. The number of hydrogen-bond acceptors (Lipinski definition) is 5. The Kier molecular flexibility index (Phi) is 10.3. The normalized spacial score (nSPS) is 12.8. The molecule has 0 aromatic heterocycles. The van der Waals surface area contributed by atoms with E-state index in [1.54, 1.807) is 62.6 Å². The molecule has 0 fully saturated rings. The Balaban J connectivity index is 2.01. The van der Waals surface area contributed by atoms with Crippen LogP contribution in [0.5, 0.6) is 5.75 Å². The Morgan fingerprint density at radius 2 is 1.55 bits per heavy atom. The van der Waals surface area contributed by atoms with Crippen LogP contribution in [0.3, 0.4) is 0 Å². The van der Waals surface area contributed by atoms with Gasteiger partial charge in [0.05, 0.1) is 17.7 Å². The van der Waals surface area contributed by atoms with Gasteiger partial charge in [-0.15, -0.1) is 0 Å². The number of halogens is 1. The number of carbonyl (C=O) groups excluding carboxylic acids is 2. The minimum atomic E-state index is -4.26. The Labute approximate surface area is 235 Å². The number of aryl methyl sites for hydroxylation is 1. The first-order valence-electron chi connectivity index (χ1n) is 13.0. The first-order chi connectivity index (χ1) is 19.0. The molecule has 2 atom stereocenters. The minimum Gasteiger partial charge on any atom is -0.497 e. The Morgan fingerprint density at radius 1 is 0.950 bits per heavy atom. The second kappa shape index (κ2) is 13.4. The summed E-state index contributed by atoms with van der Waals surface area (Å²) in [4.78, 5) is 28.2. The van der Waals surface area contributed by atoms with E-state index >= 15 is 0 Å². The van der Waals surface area contributed by atoms with Gasteiger partial charge in [-0.3, -0.25) is 13.9 Å². The fourth-order valence-electron chi connectivity index (χ4n) is 3.95. The Morgan fingerprint density at radius 3 is 2.10 bits per heavy atom. The molecular weight excluding hydrogens is 533 g/mol. The largest absolute Gasteiger partial charge is 0.497 e. The summed E-state index contributed by atoms with van der Waals surface area (Å²) < 4.78 is 47.3. The fourth-order valence-corrected chi connectivity index (χ4v) is 5.36. The maximum absolute atomic E-state index is 13.9. The zero-order chi connectivity index (χ0) is 29.4. The molecule has 0 aliphatic rings. The van der Waals surface area contributed by atoms with Crippen molar-refractivity contribution in [3.63, 3.8) is 0 Å². The summed E-state index contributed by atoms with van der Waals surface area (Å²) in [5, 5.41) is 2.90. The van der Waals surface area contributed by atoms with Crippen molar-refractivity contribution in [2.24, 2.45) is 0 Å². The van der Waals surface area contributed by atoms with Gasteiger partial charge in [0.2, 0.25) is 11.8 Å². The summed E-state index contributed by atoms with van der Waals surface area (Å²) in [7, 11) is -2.71. The summed E-state index contributed by atoms with van der Waals surface area (Å²) in [6.45, 7) is 6.78. The highest BCUT2D eigenvalue weighted by atomic mass is 32.2. The molecule has 8 nitrogen and oxygen atoms in total. The molecule has 0 heterocycles. The molecule has 3 aromatic carbocycles. The molecule has 1 N–H and O–H groups in total. The topological polar surface area (TPSA) is 96.0 Å². The predicted molar refractivity (Wildman–Crippen MR) is 153 cm³/mol. The number of amides is 2. The van der Waals surface area contributed by atoms with E-state index in [-0.39, 0.29) is 29.1 Å². The fraction of sp³-hybridized carbons (Fsp3) is 0.333. The van der Waals surface area contributed by atoms with Gasteiger partial charge in [0.1, 0.15) is 24.2 Å². The van der Waals surface area contributed by atoms with Gasteiger partial charge in [0.25, 0.3) is 10.0 Å². The van der Waals surface area contributed by atoms with Gasteiger partial charge in [0, 0.05) is 12.6 Å². The summed E-state index contributed by atoms with van der Waals surface area (Å²) in [6.07, 6.45) is 0.710. The number of anilines is 1. The quantitative estimate of drug-likeness (QED) is 0.342. The van der Waals surface area contributed by atoms with Crippen LogP contribution in [0.4, 0.5) is 10.1 Å². The number of benzene rings is 3. The van der Waals surface area contributed by atoms with Crippen molar-refractivity contribution >= 4 is 27.5 Å². The third-order valence-corrected chi connectivity index (χ3v) is 8.47. The van der Waals surface area contributed by atoms with Gasteiger partial charge in [-0.1, -0.05) is 36.8 Å². The molecule has 0 saturated carbocycles. The second-order valence-corrected chi connectivity index (χ2v) is 11.5. The van der Waals surface area contributed by atoms with Gasteiger partial charge >= 0.3 is 0 Å². The molecule has 0 bridgehead atoms. The van der Waals surface area contributed by atoms with Crippen molar-refractivity contribution in [1.29, 1.82) is 0 Å². The molecule has 3 aromatic rings. The Hall–Kier alpha value is -3.92. The van der Waals surface area contributed by atoms with E-state index in [4.69, 9.17) is 4.74 Å². The van der Waals surface area contributed by atoms with Crippen molar-refractivity contribution in [1.82, 2.24) is 10.2 Å². The molecule has 0 aliphatic heterocycles. The molecule has 0 aliphatic carbocycles. The number of methoxy groups -OCH3 is 1. The first kappa shape index (κ1) is 30.6. The predicted octanol–water partition coefficient (Wildman–Crippen LogP) is 4.67. The van der Waals surface area contributed by atoms with E-state index in [1.165, 1.54) is 4.90 Å². The number of hydrogen-bond donors (Lipinski definition) is 1.